The minimum atomic E-state index is -4.93. The van der Waals surface area contributed by atoms with Gasteiger partial charge in [0, 0.05) is 0 Å². The Morgan fingerprint density at radius 2 is 1.96 bits per heavy atom. The molecule has 1 aliphatic heterocycles. The molecule has 6 atom stereocenters. The van der Waals surface area contributed by atoms with E-state index in [0.29, 0.717) is 11.8 Å². The van der Waals surface area contributed by atoms with Gasteiger partial charge in [0.15, 0.2) is 0 Å². The molecule has 1 rings (SSSR count). The molecule has 0 aromatic rings. The number of hydrogen-bond acceptors (Lipinski definition) is 11. The molecule has 1 heterocycles. The fraction of sp³-hybridized carbons (Fsp3) is 0.700. The van der Waals surface area contributed by atoms with Crippen LogP contribution >= 0.6 is 11.8 Å². The van der Waals surface area contributed by atoms with E-state index < -0.39 is 58.0 Å². The van der Waals surface area contributed by atoms with Gasteiger partial charge in [-0.05, 0) is 0 Å². The molecule has 0 saturated carbocycles. The van der Waals surface area contributed by atoms with E-state index in [1.807, 2.05) is 0 Å². The van der Waals surface area contributed by atoms with Crippen LogP contribution in [0.2, 0.25) is 0 Å². The summed E-state index contributed by atoms with van der Waals surface area (Å²) in [5.41, 5.74) is -1.33. The van der Waals surface area contributed by atoms with Gasteiger partial charge in [-0.1, -0.05) is 23.0 Å². The first-order valence-corrected chi connectivity index (χ1v) is 8.37. The van der Waals surface area contributed by atoms with Crippen LogP contribution in [0.4, 0.5) is 0 Å². The van der Waals surface area contributed by atoms with Gasteiger partial charge in [-0.25, -0.2) is 4.28 Å². The second-order valence-electron chi connectivity index (χ2n) is 4.43. The van der Waals surface area contributed by atoms with E-state index in [1.165, 1.54) is 0 Å². The zero-order chi connectivity index (χ0) is 17.8. The highest BCUT2D eigenvalue weighted by atomic mass is 32.3. The van der Waals surface area contributed by atoms with Gasteiger partial charge in [-0.3, -0.25) is 4.55 Å². The van der Waals surface area contributed by atoms with E-state index in [2.05, 4.69) is 16.0 Å². The third kappa shape index (κ3) is 5.66. The lowest BCUT2D eigenvalue weighted by Crippen LogP contribution is -2.57. The number of rotatable bonds is 6. The Bertz CT molecular complexity index is 536. The molecule has 0 aliphatic carbocycles. The zero-order valence-electron chi connectivity index (χ0n) is 11.5. The molecular formula is C10H17NO10S2. The summed E-state index contributed by atoms with van der Waals surface area (Å²) in [6.45, 7) is 2.59. The Labute approximate surface area is 135 Å². The van der Waals surface area contributed by atoms with E-state index in [9.17, 15) is 28.8 Å². The summed E-state index contributed by atoms with van der Waals surface area (Å²) in [4.78, 5) is 0. The minimum Gasteiger partial charge on any atom is -0.394 e. The van der Waals surface area contributed by atoms with Gasteiger partial charge in [0.1, 0.15) is 41.0 Å². The molecule has 1 fully saturated rings. The van der Waals surface area contributed by atoms with Crippen molar-refractivity contribution < 1.29 is 47.5 Å². The highest BCUT2D eigenvalue weighted by Gasteiger charge is 2.44. The van der Waals surface area contributed by atoms with Crippen LogP contribution in [0.1, 0.15) is 0 Å². The molecule has 13 heteroatoms. The van der Waals surface area contributed by atoms with Gasteiger partial charge < -0.3 is 30.3 Å². The summed E-state index contributed by atoms with van der Waals surface area (Å²) < 4.78 is 38.4. The van der Waals surface area contributed by atoms with Crippen LogP contribution in [-0.2, 0) is 19.4 Å². The summed E-state index contributed by atoms with van der Waals surface area (Å²) in [7, 11) is -4.93. The van der Waals surface area contributed by atoms with Crippen molar-refractivity contribution in [3.05, 3.63) is 12.7 Å². The van der Waals surface area contributed by atoms with Crippen molar-refractivity contribution in [3.8, 4) is 0 Å². The third-order valence-electron chi connectivity index (χ3n) is 2.78. The van der Waals surface area contributed by atoms with Crippen LogP contribution in [0.5, 0.6) is 0 Å². The van der Waals surface area contributed by atoms with Crippen molar-refractivity contribution in [1.82, 2.24) is 0 Å². The molecule has 1 aliphatic rings. The van der Waals surface area contributed by atoms with Crippen LogP contribution < -0.4 is 0 Å². The second-order valence-corrected chi connectivity index (χ2v) is 6.55. The van der Waals surface area contributed by atoms with Crippen LogP contribution in [0.15, 0.2) is 17.8 Å². The molecule has 0 bridgehead atoms. The van der Waals surface area contributed by atoms with Crippen LogP contribution in [0.25, 0.3) is 0 Å². The fourth-order valence-electron chi connectivity index (χ4n) is 1.61. The van der Waals surface area contributed by atoms with E-state index in [0.717, 1.165) is 6.08 Å². The first kappa shape index (κ1) is 20.3. The number of thioether (sulfide) groups is 1. The number of aliphatic hydroxyl groups excluding tert-OH is 5. The average molecular weight is 375 g/mol. The monoisotopic (exact) mass is 375 g/mol. The maximum atomic E-state index is 10.5. The molecule has 0 radical (unpaired) electrons. The van der Waals surface area contributed by atoms with Gasteiger partial charge in [-0.15, -0.1) is 6.58 Å². The Hall–Kier alpha value is -0.770. The molecule has 0 spiro atoms. The number of nitrogens with zero attached hydrogens (tertiary/aromatic N) is 1. The highest BCUT2D eigenvalue weighted by molar-refractivity contribution is 8.14. The zero-order valence-corrected chi connectivity index (χ0v) is 13.2. The van der Waals surface area contributed by atoms with Gasteiger partial charge in [0.05, 0.1) is 6.61 Å². The molecule has 11 nitrogen and oxygen atoms in total. The Kier molecular flexibility index (Phi) is 7.37. The van der Waals surface area contributed by atoms with Crippen molar-refractivity contribution in [1.29, 1.82) is 0 Å². The number of ether oxygens (including phenoxy) is 1. The molecule has 1 saturated heterocycles. The lowest BCUT2D eigenvalue weighted by atomic mass is 10.0. The summed E-state index contributed by atoms with van der Waals surface area (Å²) in [6.07, 6.45) is -6.67. The molecule has 23 heavy (non-hydrogen) atoms. The number of hydrogen-bond donors (Lipinski definition) is 6. The Morgan fingerprint density at radius 1 is 1.35 bits per heavy atom. The standard InChI is InChI=1S/C10H17NO10S2/c1-2-4(13)9(11-21-23(17,18)19)22-10-8(16)7(15)6(14)5(3-12)20-10/h2,4-8,10,12-16H,1,3H2,(H,17,18,19)/b11-9+/t4-,5-,6-,7+,8-,10+/m1/s1. The Balaban J connectivity index is 2.95. The van der Waals surface area contributed by atoms with E-state index >= 15 is 0 Å². The van der Waals surface area contributed by atoms with E-state index in [4.69, 9.17) is 14.4 Å². The largest absolute Gasteiger partial charge is 0.466 e. The molecule has 0 amide bonds. The van der Waals surface area contributed by atoms with Crippen LogP contribution in [0.3, 0.4) is 0 Å². The van der Waals surface area contributed by atoms with Gasteiger partial charge >= 0.3 is 10.4 Å². The summed E-state index contributed by atoms with van der Waals surface area (Å²) in [6, 6.07) is 0. The van der Waals surface area contributed by atoms with Crippen LogP contribution in [-0.4, -0.2) is 86.1 Å². The highest BCUT2D eigenvalue weighted by Crippen LogP contribution is 2.30. The summed E-state index contributed by atoms with van der Waals surface area (Å²) >= 11 is 0.446. The summed E-state index contributed by atoms with van der Waals surface area (Å²) in [5, 5.41) is 50.4. The smallest absolute Gasteiger partial charge is 0.394 e. The first-order valence-electron chi connectivity index (χ1n) is 6.12. The molecule has 0 aromatic carbocycles. The summed E-state index contributed by atoms with van der Waals surface area (Å²) in [5.74, 6) is 0. The third-order valence-corrected chi connectivity index (χ3v) is 4.23. The minimum absolute atomic E-state index is 0.446. The maximum absolute atomic E-state index is 10.5. The van der Waals surface area contributed by atoms with Crippen molar-refractivity contribution in [2.24, 2.45) is 5.16 Å². The topological polar surface area (TPSA) is 186 Å². The first-order chi connectivity index (χ1) is 10.6. The molecular weight excluding hydrogens is 358 g/mol. The van der Waals surface area contributed by atoms with Gasteiger partial charge in [-0.2, -0.15) is 8.42 Å². The quantitative estimate of drug-likeness (QED) is 0.0925. The van der Waals surface area contributed by atoms with E-state index in [-0.39, 0.29) is 0 Å². The fourth-order valence-corrected chi connectivity index (χ4v) is 2.89. The SMILES string of the molecule is C=C[C@@H](O)/C(=N\OS(=O)(=O)O)S[C@@H]1O[C@H](CO)[C@@H](O)[C@H](O)[C@H]1O. The predicted molar refractivity (Wildman–Crippen MR) is 77.6 cm³/mol. The second kappa shape index (κ2) is 8.36. The van der Waals surface area contributed by atoms with Gasteiger partial charge in [0.2, 0.25) is 0 Å². The Morgan fingerprint density at radius 3 is 2.43 bits per heavy atom. The number of oxime groups is 1. The van der Waals surface area contributed by atoms with Crippen molar-refractivity contribution in [2.75, 3.05) is 6.61 Å². The van der Waals surface area contributed by atoms with Crippen LogP contribution in [0, 0.1) is 0 Å². The number of aliphatic hydroxyl groups is 5. The van der Waals surface area contributed by atoms with Crippen molar-refractivity contribution in [3.63, 3.8) is 0 Å². The average Bonchev–Trinajstić information content (AvgIpc) is 2.49. The molecule has 0 unspecified atom stereocenters. The molecule has 0 aromatic heterocycles. The maximum Gasteiger partial charge on any atom is 0.466 e. The van der Waals surface area contributed by atoms with Gasteiger partial charge in [0.25, 0.3) is 0 Å². The van der Waals surface area contributed by atoms with E-state index in [1.54, 1.807) is 0 Å². The predicted octanol–water partition coefficient (Wildman–Crippen LogP) is -2.80. The lowest BCUT2D eigenvalue weighted by molar-refractivity contribution is -0.205. The van der Waals surface area contributed by atoms with Crippen molar-refractivity contribution in [2.45, 2.75) is 36.0 Å². The molecule has 6 N–H and O–H groups in total. The lowest BCUT2D eigenvalue weighted by Gasteiger charge is -2.39. The normalized spacial score (nSPS) is 34.0. The van der Waals surface area contributed by atoms with Crippen molar-refractivity contribution >= 4 is 27.2 Å². The molecule has 134 valence electrons.